The SMILES string of the molecule is CONC(=O)N[C@H](c1ccc2c(c1)OCCO2)C1CC1. The number of carbonyl (C=O) groups is 1. The van der Waals surface area contributed by atoms with E-state index in [1.807, 2.05) is 18.2 Å². The van der Waals surface area contributed by atoms with Gasteiger partial charge in [-0.3, -0.25) is 4.84 Å². The van der Waals surface area contributed by atoms with E-state index in [2.05, 4.69) is 15.6 Å². The van der Waals surface area contributed by atoms with Crippen molar-refractivity contribution in [2.24, 2.45) is 5.92 Å². The van der Waals surface area contributed by atoms with Crippen molar-refractivity contribution in [2.75, 3.05) is 20.3 Å². The molecule has 2 aliphatic rings. The van der Waals surface area contributed by atoms with E-state index in [1.165, 1.54) is 7.11 Å². The maximum Gasteiger partial charge on any atom is 0.339 e. The average Bonchev–Trinajstić information content (AvgIpc) is 3.29. The highest BCUT2D eigenvalue weighted by Gasteiger charge is 2.34. The van der Waals surface area contributed by atoms with Crippen molar-refractivity contribution in [1.82, 2.24) is 10.8 Å². The first-order chi connectivity index (χ1) is 9.78. The van der Waals surface area contributed by atoms with Gasteiger partial charge in [0.1, 0.15) is 13.2 Å². The van der Waals surface area contributed by atoms with Crippen molar-refractivity contribution in [1.29, 1.82) is 0 Å². The van der Waals surface area contributed by atoms with Crippen LogP contribution in [0.25, 0.3) is 0 Å². The van der Waals surface area contributed by atoms with Gasteiger partial charge in [-0.05, 0) is 36.5 Å². The quantitative estimate of drug-likeness (QED) is 0.824. The summed E-state index contributed by atoms with van der Waals surface area (Å²) in [4.78, 5) is 16.3. The number of urea groups is 1. The van der Waals surface area contributed by atoms with E-state index in [1.54, 1.807) is 0 Å². The summed E-state index contributed by atoms with van der Waals surface area (Å²) in [6, 6.07) is 5.46. The number of fused-ring (bicyclic) bond motifs is 1. The molecule has 0 spiro atoms. The molecule has 6 heteroatoms. The van der Waals surface area contributed by atoms with Gasteiger partial charge < -0.3 is 14.8 Å². The molecule has 2 amide bonds. The molecule has 108 valence electrons. The van der Waals surface area contributed by atoms with E-state index in [4.69, 9.17) is 9.47 Å². The predicted molar refractivity (Wildman–Crippen MR) is 71.6 cm³/mol. The molecule has 1 aromatic rings. The Morgan fingerprint density at radius 3 is 2.75 bits per heavy atom. The predicted octanol–water partition coefficient (Wildman–Crippen LogP) is 1.77. The van der Waals surface area contributed by atoms with Crippen molar-refractivity contribution in [3.05, 3.63) is 23.8 Å². The van der Waals surface area contributed by atoms with Gasteiger partial charge in [-0.2, -0.15) is 0 Å². The third-order valence-corrected chi connectivity index (χ3v) is 3.50. The minimum atomic E-state index is -0.334. The minimum absolute atomic E-state index is 0.0269. The van der Waals surface area contributed by atoms with Crippen molar-refractivity contribution in [3.8, 4) is 11.5 Å². The van der Waals surface area contributed by atoms with Gasteiger partial charge in [-0.15, -0.1) is 0 Å². The fraction of sp³-hybridized carbons (Fsp3) is 0.500. The first-order valence-electron chi connectivity index (χ1n) is 6.77. The third-order valence-electron chi connectivity index (χ3n) is 3.50. The van der Waals surface area contributed by atoms with Crippen LogP contribution in [-0.2, 0) is 4.84 Å². The second-order valence-electron chi connectivity index (χ2n) is 5.00. The number of hydrogen-bond acceptors (Lipinski definition) is 4. The fourth-order valence-corrected chi connectivity index (χ4v) is 2.42. The number of amides is 2. The van der Waals surface area contributed by atoms with E-state index in [0.717, 1.165) is 29.9 Å². The Bertz CT molecular complexity index is 502. The van der Waals surface area contributed by atoms with Gasteiger partial charge in [-0.25, -0.2) is 10.3 Å². The zero-order valence-corrected chi connectivity index (χ0v) is 11.3. The number of nitrogens with one attached hydrogen (secondary N) is 2. The molecule has 20 heavy (non-hydrogen) atoms. The first kappa shape index (κ1) is 13.1. The summed E-state index contributed by atoms with van der Waals surface area (Å²) in [6.45, 7) is 1.13. The normalized spacial score (nSPS) is 18.2. The first-order valence-corrected chi connectivity index (χ1v) is 6.77. The number of ether oxygens (including phenoxy) is 2. The molecule has 0 unspecified atom stereocenters. The zero-order valence-electron chi connectivity index (χ0n) is 11.3. The van der Waals surface area contributed by atoms with E-state index >= 15 is 0 Å². The lowest BCUT2D eigenvalue weighted by atomic mass is 10.0. The fourth-order valence-electron chi connectivity index (χ4n) is 2.42. The van der Waals surface area contributed by atoms with Gasteiger partial charge in [0.25, 0.3) is 0 Å². The molecule has 2 N–H and O–H groups in total. The molecule has 1 atom stereocenters. The molecule has 1 aliphatic heterocycles. The maximum absolute atomic E-state index is 11.6. The maximum atomic E-state index is 11.6. The van der Waals surface area contributed by atoms with Crippen LogP contribution in [0.2, 0.25) is 0 Å². The second kappa shape index (κ2) is 5.58. The molecule has 3 rings (SSSR count). The lowest BCUT2D eigenvalue weighted by Crippen LogP contribution is -2.38. The van der Waals surface area contributed by atoms with E-state index in [0.29, 0.717) is 19.1 Å². The summed E-state index contributed by atoms with van der Waals surface area (Å²) in [5, 5.41) is 2.93. The second-order valence-corrected chi connectivity index (χ2v) is 5.00. The van der Waals surface area contributed by atoms with Crippen LogP contribution in [0.1, 0.15) is 24.4 Å². The van der Waals surface area contributed by atoms with Crippen molar-refractivity contribution in [3.63, 3.8) is 0 Å². The Morgan fingerprint density at radius 1 is 1.30 bits per heavy atom. The molecule has 1 saturated carbocycles. The number of benzene rings is 1. The Hall–Kier alpha value is -1.95. The van der Waals surface area contributed by atoms with Gasteiger partial charge in [-0.1, -0.05) is 6.07 Å². The minimum Gasteiger partial charge on any atom is -0.486 e. The zero-order chi connectivity index (χ0) is 13.9. The van der Waals surface area contributed by atoms with Crippen LogP contribution in [0.5, 0.6) is 11.5 Å². The smallest absolute Gasteiger partial charge is 0.339 e. The average molecular weight is 278 g/mol. The Kier molecular flexibility index (Phi) is 3.64. The monoisotopic (exact) mass is 278 g/mol. The van der Waals surface area contributed by atoms with Gasteiger partial charge in [0.15, 0.2) is 11.5 Å². The summed E-state index contributed by atoms with van der Waals surface area (Å²) in [5.41, 5.74) is 3.32. The molecular weight excluding hydrogens is 260 g/mol. The standard InChI is InChI=1S/C14H18N2O4/c1-18-16-14(17)15-13(9-2-3-9)10-4-5-11-12(8-10)20-7-6-19-11/h4-5,8-9,13H,2-3,6-7H2,1H3,(H2,15,16,17)/t13-/m0/s1. The largest absolute Gasteiger partial charge is 0.486 e. The number of hydroxylamine groups is 1. The molecule has 6 nitrogen and oxygen atoms in total. The van der Waals surface area contributed by atoms with Crippen molar-refractivity contribution >= 4 is 6.03 Å². The number of rotatable bonds is 4. The summed E-state index contributed by atoms with van der Waals surface area (Å²) in [7, 11) is 1.41. The van der Waals surface area contributed by atoms with Crippen LogP contribution >= 0.6 is 0 Å². The van der Waals surface area contributed by atoms with Gasteiger partial charge >= 0.3 is 6.03 Å². The third kappa shape index (κ3) is 2.80. The summed E-state index contributed by atoms with van der Waals surface area (Å²) < 4.78 is 11.1. The lowest BCUT2D eigenvalue weighted by molar-refractivity contribution is 0.105. The highest BCUT2D eigenvalue weighted by Crippen LogP contribution is 2.43. The molecule has 0 radical (unpaired) electrons. The van der Waals surface area contributed by atoms with Crippen LogP contribution in [0.3, 0.4) is 0 Å². The molecule has 1 aliphatic carbocycles. The molecule has 0 bridgehead atoms. The van der Waals surface area contributed by atoms with Crippen LogP contribution in [0, 0.1) is 5.92 Å². The molecule has 1 heterocycles. The molecule has 1 fully saturated rings. The van der Waals surface area contributed by atoms with Crippen molar-refractivity contribution < 1.29 is 19.1 Å². The topological polar surface area (TPSA) is 68.8 Å². The van der Waals surface area contributed by atoms with Crippen LogP contribution < -0.4 is 20.3 Å². The molecule has 0 saturated heterocycles. The molecule has 0 aromatic heterocycles. The Labute approximate surface area is 117 Å². The summed E-state index contributed by atoms with van der Waals surface area (Å²) in [6.07, 6.45) is 2.23. The van der Waals surface area contributed by atoms with Gasteiger partial charge in [0.05, 0.1) is 13.2 Å². The Morgan fingerprint density at radius 2 is 2.05 bits per heavy atom. The molecule has 1 aromatic carbocycles. The lowest BCUT2D eigenvalue weighted by Gasteiger charge is -2.23. The van der Waals surface area contributed by atoms with E-state index in [9.17, 15) is 4.79 Å². The Balaban J connectivity index is 1.78. The summed E-state index contributed by atoms with van der Waals surface area (Å²) in [5.74, 6) is 1.98. The van der Waals surface area contributed by atoms with E-state index in [-0.39, 0.29) is 12.1 Å². The molecular formula is C14H18N2O4. The number of hydrogen-bond donors (Lipinski definition) is 2. The highest BCUT2D eigenvalue weighted by atomic mass is 16.6. The van der Waals surface area contributed by atoms with Crippen LogP contribution in [-0.4, -0.2) is 26.4 Å². The van der Waals surface area contributed by atoms with Crippen LogP contribution in [0.15, 0.2) is 18.2 Å². The van der Waals surface area contributed by atoms with Gasteiger partial charge in [0.2, 0.25) is 0 Å². The van der Waals surface area contributed by atoms with Crippen LogP contribution in [0.4, 0.5) is 4.79 Å². The number of carbonyl (C=O) groups excluding carboxylic acids is 1. The summed E-state index contributed by atoms with van der Waals surface area (Å²) >= 11 is 0. The van der Waals surface area contributed by atoms with Gasteiger partial charge in [0, 0.05) is 0 Å². The van der Waals surface area contributed by atoms with E-state index < -0.39 is 0 Å². The highest BCUT2D eigenvalue weighted by molar-refractivity contribution is 5.73. The van der Waals surface area contributed by atoms with Crippen molar-refractivity contribution in [2.45, 2.75) is 18.9 Å².